The molecule has 0 saturated carbocycles. The van der Waals surface area contributed by atoms with Gasteiger partial charge in [-0.15, -0.1) is 0 Å². The van der Waals surface area contributed by atoms with Crippen LogP contribution in [0.15, 0.2) is 59.1 Å². The Hall–Kier alpha value is -1.94. The summed E-state index contributed by atoms with van der Waals surface area (Å²) in [6.07, 6.45) is 1.02. The van der Waals surface area contributed by atoms with Gasteiger partial charge in [-0.1, -0.05) is 64.5 Å². The summed E-state index contributed by atoms with van der Waals surface area (Å²) in [6.45, 7) is 0. The smallest absolute Gasteiger partial charge is 0.313 e. The van der Waals surface area contributed by atoms with E-state index in [0.717, 1.165) is 15.6 Å². The molecular weight excluding hydrogens is 356 g/mol. The lowest BCUT2D eigenvalue weighted by atomic mass is 9.88. The molecule has 0 aromatic heterocycles. The number of Topliss-reactive ketones (excluding diaryl/α,β-unsaturated/α-hetero) is 1. The molecule has 2 aromatic carbocycles. The van der Waals surface area contributed by atoms with Crippen LogP contribution in [0, 0.1) is 5.92 Å². The summed E-state index contributed by atoms with van der Waals surface area (Å²) < 4.78 is 5.60. The third kappa shape index (κ3) is 5.32. The van der Waals surface area contributed by atoms with Crippen molar-refractivity contribution < 1.29 is 14.3 Å². The van der Waals surface area contributed by atoms with E-state index >= 15 is 0 Å². The Balaban J connectivity index is 2.18. The zero-order chi connectivity index (χ0) is 16.7. The highest BCUT2D eigenvalue weighted by atomic mass is 79.9. The van der Waals surface area contributed by atoms with Crippen molar-refractivity contribution in [3.05, 3.63) is 70.2 Å². The second-order valence-electron chi connectivity index (χ2n) is 5.40. The van der Waals surface area contributed by atoms with E-state index in [9.17, 15) is 9.59 Å². The van der Waals surface area contributed by atoms with Gasteiger partial charge in [-0.05, 0) is 30.0 Å². The molecule has 120 valence electrons. The average Bonchev–Trinajstić information content (AvgIpc) is 2.57. The van der Waals surface area contributed by atoms with Crippen LogP contribution >= 0.6 is 15.9 Å². The number of ether oxygens (including phenoxy) is 1. The fourth-order valence-corrected chi connectivity index (χ4v) is 2.93. The summed E-state index contributed by atoms with van der Waals surface area (Å²) in [4.78, 5) is 24.0. The van der Waals surface area contributed by atoms with Crippen molar-refractivity contribution in [2.24, 2.45) is 5.92 Å². The minimum atomic E-state index is -0.486. The molecule has 4 heteroatoms. The first kappa shape index (κ1) is 17.4. The molecule has 23 heavy (non-hydrogen) atoms. The predicted molar refractivity (Wildman–Crippen MR) is 93.1 cm³/mol. The molecular formula is C19H19BrO3. The van der Waals surface area contributed by atoms with Crippen LogP contribution in [0.2, 0.25) is 0 Å². The normalized spacial score (nSPS) is 11.7. The van der Waals surface area contributed by atoms with Gasteiger partial charge in [0.25, 0.3) is 0 Å². The largest absolute Gasteiger partial charge is 0.469 e. The number of esters is 1. The molecule has 0 spiro atoms. The Morgan fingerprint density at radius 1 is 1.00 bits per heavy atom. The van der Waals surface area contributed by atoms with Gasteiger partial charge in [0.2, 0.25) is 0 Å². The number of halogens is 1. The van der Waals surface area contributed by atoms with Crippen LogP contribution in [0.3, 0.4) is 0 Å². The Morgan fingerprint density at radius 3 is 2.30 bits per heavy atom. The van der Waals surface area contributed by atoms with Crippen molar-refractivity contribution in [1.29, 1.82) is 0 Å². The number of methoxy groups -OCH3 is 1. The standard InChI is InChI=1S/C19H19BrO3/c1-23-19(22)13-18(21)16(11-14-7-3-2-4-8-14)12-15-9-5-6-10-17(15)20/h2-10,16H,11-13H2,1H3. The van der Waals surface area contributed by atoms with Gasteiger partial charge in [-0.25, -0.2) is 0 Å². The van der Waals surface area contributed by atoms with E-state index in [0.29, 0.717) is 12.8 Å². The van der Waals surface area contributed by atoms with Crippen LogP contribution in [0.1, 0.15) is 17.5 Å². The van der Waals surface area contributed by atoms with Gasteiger partial charge in [0.15, 0.2) is 0 Å². The van der Waals surface area contributed by atoms with Crippen molar-refractivity contribution in [1.82, 2.24) is 0 Å². The molecule has 2 aromatic rings. The van der Waals surface area contributed by atoms with Gasteiger partial charge >= 0.3 is 5.97 Å². The van der Waals surface area contributed by atoms with Crippen LogP contribution in [0.5, 0.6) is 0 Å². The monoisotopic (exact) mass is 374 g/mol. The average molecular weight is 375 g/mol. The molecule has 0 aliphatic carbocycles. The molecule has 1 unspecified atom stereocenters. The van der Waals surface area contributed by atoms with E-state index in [1.807, 2.05) is 54.6 Å². The van der Waals surface area contributed by atoms with Crippen molar-refractivity contribution in [2.75, 3.05) is 7.11 Å². The molecule has 0 amide bonds. The fraction of sp³-hybridized carbons (Fsp3) is 0.263. The third-order valence-electron chi connectivity index (χ3n) is 3.75. The molecule has 0 aliphatic heterocycles. The number of rotatable bonds is 7. The maximum atomic E-state index is 12.5. The summed E-state index contributed by atoms with van der Waals surface area (Å²) in [5, 5.41) is 0. The molecule has 0 fully saturated rings. The van der Waals surface area contributed by atoms with Crippen LogP contribution < -0.4 is 0 Å². The SMILES string of the molecule is COC(=O)CC(=O)C(Cc1ccccc1)Cc1ccccc1Br. The first-order valence-electron chi connectivity index (χ1n) is 7.47. The Kier molecular flexibility index (Phi) is 6.53. The lowest BCUT2D eigenvalue weighted by Gasteiger charge is -2.16. The molecule has 0 N–H and O–H groups in total. The third-order valence-corrected chi connectivity index (χ3v) is 4.52. The van der Waals surface area contributed by atoms with Gasteiger partial charge in [-0.3, -0.25) is 9.59 Å². The number of hydrogen-bond donors (Lipinski definition) is 0. The number of benzene rings is 2. The zero-order valence-electron chi connectivity index (χ0n) is 13.0. The van der Waals surface area contributed by atoms with Gasteiger partial charge in [-0.2, -0.15) is 0 Å². The van der Waals surface area contributed by atoms with Crippen molar-refractivity contribution in [3.63, 3.8) is 0 Å². The van der Waals surface area contributed by atoms with Gasteiger partial charge in [0, 0.05) is 10.4 Å². The summed E-state index contributed by atoms with van der Waals surface area (Å²) in [5.74, 6) is -0.827. The lowest BCUT2D eigenvalue weighted by Crippen LogP contribution is -2.23. The summed E-state index contributed by atoms with van der Waals surface area (Å²) in [7, 11) is 1.30. The first-order chi connectivity index (χ1) is 11.1. The van der Waals surface area contributed by atoms with Gasteiger partial charge in [0.05, 0.1) is 7.11 Å². The quantitative estimate of drug-likeness (QED) is 0.543. The minimum absolute atomic E-state index is 0.0866. The first-order valence-corrected chi connectivity index (χ1v) is 8.26. The van der Waals surface area contributed by atoms with E-state index in [-0.39, 0.29) is 18.1 Å². The van der Waals surface area contributed by atoms with Crippen molar-refractivity contribution in [3.8, 4) is 0 Å². The molecule has 0 radical (unpaired) electrons. The van der Waals surface area contributed by atoms with Crippen molar-refractivity contribution in [2.45, 2.75) is 19.3 Å². The van der Waals surface area contributed by atoms with Crippen LogP contribution in [0.25, 0.3) is 0 Å². The van der Waals surface area contributed by atoms with Gasteiger partial charge in [0.1, 0.15) is 12.2 Å². The van der Waals surface area contributed by atoms with Crippen molar-refractivity contribution >= 4 is 27.7 Å². The van der Waals surface area contributed by atoms with E-state index in [1.54, 1.807) is 0 Å². The molecule has 0 saturated heterocycles. The second-order valence-corrected chi connectivity index (χ2v) is 6.26. The highest BCUT2D eigenvalue weighted by Crippen LogP contribution is 2.23. The van der Waals surface area contributed by atoms with E-state index < -0.39 is 5.97 Å². The highest BCUT2D eigenvalue weighted by molar-refractivity contribution is 9.10. The fourth-order valence-electron chi connectivity index (χ4n) is 2.49. The van der Waals surface area contributed by atoms with Crippen LogP contribution in [-0.4, -0.2) is 18.9 Å². The Bertz CT molecular complexity index is 667. The summed E-state index contributed by atoms with van der Waals surface area (Å²) in [5.41, 5.74) is 2.15. The molecule has 2 rings (SSSR count). The Morgan fingerprint density at radius 2 is 1.65 bits per heavy atom. The van der Waals surface area contributed by atoms with Crippen LogP contribution in [-0.2, 0) is 27.2 Å². The predicted octanol–water partition coefficient (Wildman–Crippen LogP) is 3.98. The van der Waals surface area contributed by atoms with E-state index in [4.69, 9.17) is 0 Å². The minimum Gasteiger partial charge on any atom is -0.469 e. The number of carbonyl (C=O) groups is 2. The topological polar surface area (TPSA) is 43.4 Å². The molecule has 0 bridgehead atoms. The molecule has 1 atom stereocenters. The van der Waals surface area contributed by atoms with Crippen LogP contribution in [0.4, 0.5) is 0 Å². The zero-order valence-corrected chi connectivity index (χ0v) is 14.6. The van der Waals surface area contributed by atoms with E-state index in [1.165, 1.54) is 7.11 Å². The molecule has 0 aliphatic rings. The Labute approximate surface area is 144 Å². The second kappa shape index (κ2) is 8.63. The number of hydrogen-bond acceptors (Lipinski definition) is 3. The molecule has 3 nitrogen and oxygen atoms in total. The number of ketones is 1. The molecule has 0 heterocycles. The lowest BCUT2D eigenvalue weighted by molar-refractivity contribution is -0.144. The highest BCUT2D eigenvalue weighted by Gasteiger charge is 2.23. The van der Waals surface area contributed by atoms with Gasteiger partial charge < -0.3 is 4.74 Å². The number of carbonyl (C=O) groups excluding carboxylic acids is 2. The summed E-state index contributed by atoms with van der Waals surface area (Å²) in [6, 6.07) is 17.7. The maximum Gasteiger partial charge on any atom is 0.313 e. The summed E-state index contributed by atoms with van der Waals surface area (Å²) >= 11 is 3.52. The maximum absolute atomic E-state index is 12.5. The van der Waals surface area contributed by atoms with E-state index in [2.05, 4.69) is 20.7 Å².